The summed E-state index contributed by atoms with van der Waals surface area (Å²) in [6.07, 6.45) is 1.70. The van der Waals surface area contributed by atoms with Crippen molar-refractivity contribution in [2.24, 2.45) is 11.8 Å². The van der Waals surface area contributed by atoms with Gasteiger partial charge in [-0.05, 0) is 24.7 Å². The molecular weight excluding hydrogens is 364 g/mol. The topological polar surface area (TPSA) is 138 Å². The van der Waals surface area contributed by atoms with Crippen molar-refractivity contribution in [3.63, 3.8) is 0 Å². The maximum atomic E-state index is 13.0. The van der Waals surface area contributed by atoms with E-state index in [2.05, 4.69) is 16.0 Å². The fraction of sp³-hybridized carbons (Fsp3) is 0.789. The summed E-state index contributed by atoms with van der Waals surface area (Å²) in [5.74, 6) is -1.87. The molecule has 2 aliphatic rings. The highest BCUT2D eigenvalue weighted by atomic mass is 16.4. The van der Waals surface area contributed by atoms with Crippen LogP contribution in [0.5, 0.6) is 0 Å². The number of carboxylic acids is 1. The molecule has 0 spiro atoms. The molecule has 4 N–H and O–H groups in total. The lowest BCUT2D eigenvalue weighted by Crippen LogP contribution is -2.55. The smallest absolute Gasteiger partial charge is 0.326 e. The van der Waals surface area contributed by atoms with Crippen molar-refractivity contribution < 1.29 is 24.3 Å². The normalized spacial score (nSPS) is 25.9. The third-order valence-electron chi connectivity index (χ3n) is 5.43. The molecule has 9 nitrogen and oxygen atoms in total. The molecule has 0 aromatic heterocycles. The van der Waals surface area contributed by atoms with Crippen molar-refractivity contribution in [2.75, 3.05) is 13.1 Å². The molecule has 0 aromatic rings. The van der Waals surface area contributed by atoms with E-state index in [1.54, 1.807) is 0 Å². The summed E-state index contributed by atoms with van der Waals surface area (Å²) in [6.45, 7) is 8.63. The first-order valence-corrected chi connectivity index (χ1v) is 10.0. The Labute approximate surface area is 165 Å². The average molecular weight is 396 g/mol. The van der Waals surface area contributed by atoms with Gasteiger partial charge in [-0.2, -0.15) is 0 Å². The van der Waals surface area contributed by atoms with Crippen LogP contribution >= 0.6 is 0 Å². The van der Waals surface area contributed by atoms with E-state index in [0.717, 1.165) is 0 Å². The minimum Gasteiger partial charge on any atom is -0.480 e. The first kappa shape index (κ1) is 22.1. The molecule has 2 rings (SSSR count). The van der Waals surface area contributed by atoms with Crippen molar-refractivity contribution in [3.05, 3.63) is 0 Å². The fourth-order valence-corrected chi connectivity index (χ4v) is 3.40. The van der Waals surface area contributed by atoms with Crippen LogP contribution in [0.2, 0.25) is 0 Å². The zero-order valence-electron chi connectivity index (χ0n) is 17.0. The summed E-state index contributed by atoms with van der Waals surface area (Å²) in [5.41, 5.74) is 0. The van der Waals surface area contributed by atoms with Gasteiger partial charge in [0.25, 0.3) is 0 Å². The Kier molecular flexibility index (Phi) is 7.40. The van der Waals surface area contributed by atoms with Gasteiger partial charge in [-0.25, -0.2) is 4.79 Å². The summed E-state index contributed by atoms with van der Waals surface area (Å²) < 4.78 is 0. The first-order valence-electron chi connectivity index (χ1n) is 10.0. The van der Waals surface area contributed by atoms with Gasteiger partial charge < -0.3 is 20.6 Å². The number of carbonyl (C=O) groups excluding carboxylic acids is 3. The number of hydrogen-bond donors (Lipinski definition) is 4. The summed E-state index contributed by atoms with van der Waals surface area (Å²) in [7, 11) is 0. The lowest BCUT2D eigenvalue weighted by Gasteiger charge is -2.30. The number of aliphatic carboxylic acids is 1. The molecule has 5 atom stereocenters. The zero-order chi connectivity index (χ0) is 21.0. The van der Waals surface area contributed by atoms with E-state index < -0.39 is 36.0 Å². The molecule has 158 valence electrons. The number of likely N-dealkylation sites (tertiary alicyclic amines) is 1. The van der Waals surface area contributed by atoms with Gasteiger partial charge in [0.15, 0.2) is 0 Å². The molecule has 3 amide bonds. The van der Waals surface area contributed by atoms with Crippen molar-refractivity contribution in [1.82, 2.24) is 20.9 Å². The van der Waals surface area contributed by atoms with Crippen LogP contribution in [0, 0.1) is 11.8 Å². The molecule has 0 aliphatic carbocycles. The molecule has 0 bridgehead atoms. The van der Waals surface area contributed by atoms with Crippen molar-refractivity contribution in [3.8, 4) is 0 Å². The molecule has 2 fully saturated rings. The maximum absolute atomic E-state index is 13.0. The number of hydrogen-bond acceptors (Lipinski definition) is 5. The van der Waals surface area contributed by atoms with Crippen molar-refractivity contribution in [2.45, 2.75) is 71.1 Å². The Morgan fingerprint density at radius 1 is 1.14 bits per heavy atom. The largest absolute Gasteiger partial charge is 0.480 e. The predicted octanol–water partition coefficient (Wildman–Crippen LogP) is -0.294. The molecule has 2 saturated heterocycles. The molecule has 0 aromatic carbocycles. The van der Waals surface area contributed by atoms with Gasteiger partial charge >= 0.3 is 5.97 Å². The Balaban J connectivity index is 1.99. The average Bonchev–Trinajstić information content (AvgIpc) is 3.30. The van der Waals surface area contributed by atoms with Gasteiger partial charge in [-0.3, -0.25) is 19.7 Å². The molecule has 0 saturated carbocycles. The van der Waals surface area contributed by atoms with Gasteiger partial charge in [0.05, 0.1) is 0 Å². The van der Waals surface area contributed by atoms with Crippen LogP contribution in [0.4, 0.5) is 0 Å². The van der Waals surface area contributed by atoms with Gasteiger partial charge in [0.1, 0.15) is 24.2 Å². The standard InChI is InChI=1S/C19H32N4O5/c1-5-11(4)13(18(26)23-8-6-7-12(23)19(27)28)22-17(25)15-14(21-15)16(24)20-9-10(2)3/h10-15,21H,5-9H2,1-4H3,(H,20,24)(H,22,25)(H,27,28)/t11-,12-,13-,14+,15+/m0/s1. The Morgan fingerprint density at radius 3 is 2.36 bits per heavy atom. The fourth-order valence-electron chi connectivity index (χ4n) is 3.40. The van der Waals surface area contributed by atoms with Crippen LogP contribution in [0.3, 0.4) is 0 Å². The number of rotatable bonds is 9. The van der Waals surface area contributed by atoms with Crippen LogP contribution in [-0.4, -0.2) is 71.0 Å². The highest BCUT2D eigenvalue weighted by Gasteiger charge is 2.49. The number of carboxylic acid groups (broad SMARTS) is 1. The molecular formula is C19H32N4O5. The summed E-state index contributed by atoms with van der Waals surface area (Å²) in [6, 6.07) is -2.91. The Morgan fingerprint density at radius 2 is 1.79 bits per heavy atom. The van der Waals surface area contributed by atoms with Gasteiger partial charge in [0, 0.05) is 13.1 Å². The van der Waals surface area contributed by atoms with E-state index in [0.29, 0.717) is 38.3 Å². The molecule has 0 radical (unpaired) electrons. The first-order chi connectivity index (χ1) is 13.2. The minimum absolute atomic E-state index is 0.154. The highest BCUT2D eigenvalue weighted by Crippen LogP contribution is 2.22. The van der Waals surface area contributed by atoms with Crippen LogP contribution in [-0.2, 0) is 19.2 Å². The van der Waals surface area contributed by atoms with E-state index in [9.17, 15) is 24.3 Å². The van der Waals surface area contributed by atoms with E-state index in [-0.39, 0.29) is 17.7 Å². The summed E-state index contributed by atoms with van der Waals surface area (Å²) in [5, 5.41) is 17.7. The molecule has 28 heavy (non-hydrogen) atoms. The van der Waals surface area contributed by atoms with Crippen LogP contribution < -0.4 is 16.0 Å². The number of nitrogens with zero attached hydrogens (tertiary/aromatic N) is 1. The minimum atomic E-state index is -1.02. The summed E-state index contributed by atoms with van der Waals surface area (Å²) in [4.78, 5) is 50.4. The van der Waals surface area contributed by atoms with E-state index in [1.165, 1.54) is 4.90 Å². The van der Waals surface area contributed by atoms with Crippen LogP contribution in [0.1, 0.15) is 47.0 Å². The molecule has 2 aliphatic heterocycles. The number of amides is 3. The lowest BCUT2D eigenvalue weighted by molar-refractivity contribution is -0.150. The van der Waals surface area contributed by atoms with E-state index in [4.69, 9.17) is 0 Å². The third-order valence-corrected chi connectivity index (χ3v) is 5.43. The van der Waals surface area contributed by atoms with Crippen molar-refractivity contribution >= 4 is 23.7 Å². The van der Waals surface area contributed by atoms with Gasteiger partial charge in [0.2, 0.25) is 17.7 Å². The predicted molar refractivity (Wildman–Crippen MR) is 102 cm³/mol. The van der Waals surface area contributed by atoms with Gasteiger partial charge in [-0.1, -0.05) is 34.1 Å². The summed E-state index contributed by atoms with van der Waals surface area (Å²) >= 11 is 0. The molecule has 0 unspecified atom stereocenters. The van der Waals surface area contributed by atoms with E-state index >= 15 is 0 Å². The SMILES string of the molecule is CC[C@H](C)[C@H](NC(=O)[C@@H]1N[C@H]1C(=O)NCC(C)C)C(=O)N1CCC[C@H]1C(=O)O. The lowest BCUT2D eigenvalue weighted by atomic mass is 9.97. The Bertz CT molecular complexity index is 623. The monoisotopic (exact) mass is 396 g/mol. The number of carbonyl (C=O) groups is 4. The second kappa shape index (κ2) is 9.36. The second-order valence-corrected chi connectivity index (χ2v) is 8.16. The number of nitrogens with one attached hydrogen (secondary N) is 3. The van der Waals surface area contributed by atoms with Crippen LogP contribution in [0.25, 0.3) is 0 Å². The highest BCUT2D eigenvalue weighted by molar-refractivity contribution is 5.99. The zero-order valence-corrected chi connectivity index (χ0v) is 17.0. The van der Waals surface area contributed by atoms with Crippen LogP contribution in [0.15, 0.2) is 0 Å². The van der Waals surface area contributed by atoms with Gasteiger partial charge in [-0.15, -0.1) is 0 Å². The third kappa shape index (κ3) is 5.21. The molecule has 9 heteroatoms. The van der Waals surface area contributed by atoms with E-state index in [1.807, 2.05) is 27.7 Å². The molecule has 2 heterocycles. The van der Waals surface area contributed by atoms with Crippen molar-refractivity contribution in [1.29, 1.82) is 0 Å². The second-order valence-electron chi connectivity index (χ2n) is 8.16. The quantitative estimate of drug-likeness (QED) is 0.395. The Hall–Kier alpha value is -2.16. The maximum Gasteiger partial charge on any atom is 0.326 e.